The fraction of sp³-hybridized carbons (Fsp3) is 0.350. The molecule has 1 unspecified atom stereocenters. The molecule has 0 radical (unpaired) electrons. The Bertz CT molecular complexity index is 968. The molecule has 1 atom stereocenters. The summed E-state index contributed by atoms with van der Waals surface area (Å²) < 4.78 is 5.38. The highest BCUT2D eigenvalue weighted by molar-refractivity contribution is 6.07. The third kappa shape index (κ3) is 3.68. The van der Waals surface area contributed by atoms with Crippen LogP contribution >= 0.6 is 12.4 Å². The second-order valence-corrected chi connectivity index (χ2v) is 7.02. The van der Waals surface area contributed by atoms with Gasteiger partial charge in [-0.15, -0.1) is 12.4 Å². The first kappa shape index (κ1) is 19.3. The summed E-state index contributed by atoms with van der Waals surface area (Å²) in [5, 5.41) is 4.70. The number of amides is 1. The molecule has 2 aromatic heterocycles. The summed E-state index contributed by atoms with van der Waals surface area (Å²) in [4.78, 5) is 19.6. The van der Waals surface area contributed by atoms with Crippen LogP contribution in [0.5, 0.6) is 0 Å². The Hall–Kier alpha value is -2.44. The number of benzene rings is 1. The van der Waals surface area contributed by atoms with E-state index < -0.39 is 0 Å². The van der Waals surface area contributed by atoms with E-state index in [2.05, 4.69) is 10.1 Å². The quantitative estimate of drug-likeness (QED) is 0.728. The van der Waals surface area contributed by atoms with E-state index in [0.29, 0.717) is 34.6 Å². The Labute approximate surface area is 164 Å². The number of piperidine rings is 1. The molecule has 3 aromatic rings. The number of nitrogens with zero attached hydrogens (tertiary/aromatic N) is 3. The standard InChI is InChI=1S/C20H22N4O2.ClH/c1-12-5-7-14(8-6-12)17-10-16(18-13(2)23-26-19(18)22-17)20(25)24-9-3-4-15(21)11-24;/h5-8,10,15H,3-4,9,11,21H2,1-2H3;1H. The van der Waals surface area contributed by atoms with E-state index in [1.807, 2.05) is 49.1 Å². The summed E-state index contributed by atoms with van der Waals surface area (Å²) in [7, 11) is 0. The van der Waals surface area contributed by atoms with Crippen LogP contribution in [0.3, 0.4) is 0 Å². The van der Waals surface area contributed by atoms with Crippen molar-refractivity contribution in [1.82, 2.24) is 15.0 Å². The van der Waals surface area contributed by atoms with E-state index in [9.17, 15) is 4.79 Å². The minimum Gasteiger partial charge on any atom is -0.337 e. The summed E-state index contributed by atoms with van der Waals surface area (Å²) in [6, 6.07) is 9.93. The Balaban J connectivity index is 0.00000210. The fourth-order valence-electron chi connectivity index (χ4n) is 3.50. The number of carbonyl (C=O) groups excluding carboxylic acids is 1. The van der Waals surface area contributed by atoms with Crippen LogP contribution in [0.4, 0.5) is 0 Å². The van der Waals surface area contributed by atoms with Crippen LogP contribution in [0.2, 0.25) is 0 Å². The first-order valence-electron chi connectivity index (χ1n) is 8.92. The Kier molecular flexibility index (Phi) is 5.48. The smallest absolute Gasteiger partial charge is 0.259 e. The molecule has 2 N–H and O–H groups in total. The lowest BCUT2D eigenvalue weighted by Crippen LogP contribution is -2.45. The van der Waals surface area contributed by atoms with Gasteiger partial charge in [0.05, 0.1) is 22.3 Å². The number of likely N-dealkylation sites (tertiary alicyclic amines) is 1. The number of pyridine rings is 1. The van der Waals surface area contributed by atoms with E-state index in [4.69, 9.17) is 10.3 Å². The summed E-state index contributed by atoms with van der Waals surface area (Å²) in [6.07, 6.45) is 1.88. The van der Waals surface area contributed by atoms with Crippen LogP contribution in [-0.2, 0) is 0 Å². The van der Waals surface area contributed by atoms with E-state index in [-0.39, 0.29) is 24.4 Å². The van der Waals surface area contributed by atoms with Gasteiger partial charge in [0.25, 0.3) is 11.6 Å². The van der Waals surface area contributed by atoms with Gasteiger partial charge in [0, 0.05) is 24.7 Å². The van der Waals surface area contributed by atoms with E-state index in [1.54, 1.807) is 0 Å². The van der Waals surface area contributed by atoms with Crippen LogP contribution in [0, 0.1) is 13.8 Å². The maximum absolute atomic E-state index is 13.2. The molecule has 1 aromatic carbocycles. The molecule has 142 valence electrons. The SMILES string of the molecule is Cc1ccc(-c2cc(C(=O)N3CCCC(N)C3)c3c(C)noc3n2)cc1.Cl. The van der Waals surface area contributed by atoms with Crippen LogP contribution in [0.15, 0.2) is 34.9 Å². The summed E-state index contributed by atoms with van der Waals surface area (Å²) in [5.41, 5.74) is 10.5. The van der Waals surface area contributed by atoms with Gasteiger partial charge in [0.15, 0.2) is 0 Å². The van der Waals surface area contributed by atoms with Crippen molar-refractivity contribution in [3.63, 3.8) is 0 Å². The Morgan fingerprint density at radius 1 is 1.26 bits per heavy atom. The van der Waals surface area contributed by atoms with Gasteiger partial charge < -0.3 is 15.2 Å². The molecule has 3 heterocycles. The number of rotatable bonds is 2. The van der Waals surface area contributed by atoms with Crippen LogP contribution in [0.1, 0.15) is 34.5 Å². The number of aromatic nitrogens is 2. The average Bonchev–Trinajstić information content (AvgIpc) is 3.02. The van der Waals surface area contributed by atoms with Crippen molar-refractivity contribution in [3.05, 3.63) is 47.2 Å². The summed E-state index contributed by atoms with van der Waals surface area (Å²) >= 11 is 0. The number of carbonyl (C=O) groups is 1. The average molecular weight is 387 g/mol. The molecule has 7 heteroatoms. The number of fused-ring (bicyclic) bond motifs is 1. The van der Waals surface area contributed by atoms with Crippen molar-refractivity contribution < 1.29 is 9.32 Å². The van der Waals surface area contributed by atoms with Gasteiger partial charge in [0.2, 0.25) is 0 Å². The lowest BCUT2D eigenvalue weighted by atomic mass is 10.0. The molecule has 0 saturated carbocycles. The highest BCUT2D eigenvalue weighted by Crippen LogP contribution is 2.28. The molecule has 1 aliphatic rings. The highest BCUT2D eigenvalue weighted by atomic mass is 35.5. The third-order valence-corrected chi connectivity index (χ3v) is 4.94. The normalized spacial score (nSPS) is 17.0. The van der Waals surface area contributed by atoms with Gasteiger partial charge in [-0.05, 0) is 32.8 Å². The Morgan fingerprint density at radius 2 is 2.00 bits per heavy atom. The maximum Gasteiger partial charge on any atom is 0.259 e. The second-order valence-electron chi connectivity index (χ2n) is 7.02. The molecular weight excluding hydrogens is 364 g/mol. The van der Waals surface area contributed by atoms with Crippen LogP contribution in [0.25, 0.3) is 22.4 Å². The number of halogens is 1. The molecule has 4 rings (SSSR count). The van der Waals surface area contributed by atoms with Gasteiger partial charge in [0.1, 0.15) is 0 Å². The van der Waals surface area contributed by atoms with E-state index in [0.717, 1.165) is 24.9 Å². The van der Waals surface area contributed by atoms with Crippen molar-refractivity contribution in [3.8, 4) is 11.3 Å². The van der Waals surface area contributed by atoms with Crippen molar-refractivity contribution in [1.29, 1.82) is 0 Å². The Morgan fingerprint density at radius 3 is 2.70 bits per heavy atom. The molecular formula is C20H23ClN4O2. The van der Waals surface area contributed by atoms with Gasteiger partial charge in [-0.25, -0.2) is 4.98 Å². The zero-order valence-corrected chi connectivity index (χ0v) is 16.3. The van der Waals surface area contributed by atoms with Crippen molar-refractivity contribution in [2.45, 2.75) is 32.7 Å². The van der Waals surface area contributed by atoms with Crippen molar-refractivity contribution in [2.24, 2.45) is 5.73 Å². The topological polar surface area (TPSA) is 85.2 Å². The van der Waals surface area contributed by atoms with Gasteiger partial charge in [-0.3, -0.25) is 4.79 Å². The van der Waals surface area contributed by atoms with Crippen LogP contribution < -0.4 is 5.73 Å². The lowest BCUT2D eigenvalue weighted by molar-refractivity contribution is 0.0710. The molecule has 1 amide bonds. The van der Waals surface area contributed by atoms with Gasteiger partial charge >= 0.3 is 0 Å². The van der Waals surface area contributed by atoms with Crippen molar-refractivity contribution in [2.75, 3.05) is 13.1 Å². The third-order valence-electron chi connectivity index (χ3n) is 4.94. The molecule has 1 aliphatic heterocycles. The predicted molar refractivity (Wildman–Crippen MR) is 107 cm³/mol. The van der Waals surface area contributed by atoms with Gasteiger partial charge in [-0.2, -0.15) is 0 Å². The summed E-state index contributed by atoms with van der Waals surface area (Å²) in [6.45, 7) is 5.17. The molecule has 6 nitrogen and oxygen atoms in total. The maximum atomic E-state index is 13.2. The highest BCUT2D eigenvalue weighted by Gasteiger charge is 2.26. The number of aryl methyl sites for hydroxylation is 2. The molecule has 0 spiro atoms. The lowest BCUT2D eigenvalue weighted by Gasteiger charge is -2.31. The van der Waals surface area contributed by atoms with Crippen molar-refractivity contribution >= 4 is 29.4 Å². The molecule has 1 saturated heterocycles. The number of hydrogen-bond donors (Lipinski definition) is 1. The minimum absolute atomic E-state index is 0. The first-order chi connectivity index (χ1) is 12.5. The molecule has 1 fully saturated rings. The zero-order valence-electron chi connectivity index (χ0n) is 15.4. The van der Waals surface area contributed by atoms with Gasteiger partial charge in [-0.1, -0.05) is 35.0 Å². The molecule has 27 heavy (non-hydrogen) atoms. The molecule has 0 aliphatic carbocycles. The zero-order chi connectivity index (χ0) is 18.3. The predicted octanol–water partition coefficient (Wildman–Crippen LogP) is 3.49. The minimum atomic E-state index is -0.0350. The largest absolute Gasteiger partial charge is 0.337 e. The molecule has 0 bridgehead atoms. The van der Waals surface area contributed by atoms with Crippen LogP contribution in [-0.4, -0.2) is 40.1 Å². The fourth-order valence-corrected chi connectivity index (χ4v) is 3.50. The summed E-state index contributed by atoms with van der Waals surface area (Å²) in [5.74, 6) is -0.0350. The first-order valence-corrected chi connectivity index (χ1v) is 8.92. The number of hydrogen-bond acceptors (Lipinski definition) is 5. The van der Waals surface area contributed by atoms with E-state index in [1.165, 1.54) is 5.56 Å². The number of nitrogens with two attached hydrogens (primary N) is 1. The van der Waals surface area contributed by atoms with E-state index >= 15 is 0 Å². The monoisotopic (exact) mass is 386 g/mol. The second kappa shape index (κ2) is 7.66.